The minimum absolute atomic E-state index is 0.272. The van der Waals surface area contributed by atoms with E-state index in [9.17, 15) is 9.18 Å². The number of carbonyl (C=O) groups is 1. The van der Waals surface area contributed by atoms with Crippen LogP contribution < -0.4 is 0 Å². The molecule has 0 N–H and O–H groups in total. The van der Waals surface area contributed by atoms with Crippen LogP contribution in [0, 0.1) is 5.82 Å². The van der Waals surface area contributed by atoms with Crippen LogP contribution in [0.4, 0.5) is 4.39 Å². The van der Waals surface area contributed by atoms with Gasteiger partial charge in [0.1, 0.15) is 5.82 Å². The lowest BCUT2D eigenvalue weighted by Gasteiger charge is -2.04. The lowest BCUT2D eigenvalue weighted by molar-refractivity contribution is 0.0526. The van der Waals surface area contributed by atoms with Crippen LogP contribution in [0.5, 0.6) is 0 Å². The second-order valence-electron chi connectivity index (χ2n) is 3.28. The van der Waals surface area contributed by atoms with E-state index in [1.165, 1.54) is 6.07 Å². The first-order valence-corrected chi connectivity index (χ1v) is 6.14. The second-order valence-corrected chi connectivity index (χ2v) is 3.28. The summed E-state index contributed by atoms with van der Waals surface area (Å²) in [6.45, 7) is 8.01. The van der Waals surface area contributed by atoms with E-state index in [0.717, 1.165) is 6.42 Å². The summed E-state index contributed by atoms with van der Waals surface area (Å²) < 4.78 is 18.2. The average molecular weight is 240 g/mol. The molecular formula is C14H21FO2. The van der Waals surface area contributed by atoms with Gasteiger partial charge < -0.3 is 4.74 Å². The van der Waals surface area contributed by atoms with Crippen LogP contribution in [-0.2, 0) is 11.2 Å². The summed E-state index contributed by atoms with van der Waals surface area (Å²) in [5, 5.41) is 0. The largest absolute Gasteiger partial charge is 0.462 e. The van der Waals surface area contributed by atoms with Crippen molar-refractivity contribution in [1.29, 1.82) is 0 Å². The maximum atomic E-state index is 13.4. The molecule has 0 unspecified atom stereocenters. The van der Waals surface area contributed by atoms with E-state index >= 15 is 0 Å². The molecule has 1 aromatic rings. The highest BCUT2D eigenvalue weighted by atomic mass is 19.1. The number of esters is 1. The maximum absolute atomic E-state index is 13.4. The highest BCUT2D eigenvalue weighted by Gasteiger charge is 2.09. The van der Waals surface area contributed by atoms with E-state index in [0.29, 0.717) is 18.6 Å². The van der Waals surface area contributed by atoms with Crippen LogP contribution in [0.2, 0.25) is 0 Å². The SMILES string of the molecule is CC.CCCc1ccc(C(=O)OCC)cc1F. The van der Waals surface area contributed by atoms with Crippen molar-refractivity contribution in [3.8, 4) is 0 Å². The summed E-state index contributed by atoms with van der Waals surface area (Å²) in [5.41, 5.74) is 0.916. The van der Waals surface area contributed by atoms with Crippen LogP contribution in [0.15, 0.2) is 18.2 Å². The van der Waals surface area contributed by atoms with Crippen molar-refractivity contribution >= 4 is 5.97 Å². The quantitative estimate of drug-likeness (QED) is 0.744. The van der Waals surface area contributed by atoms with Crippen LogP contribution in [0.1, 0.15) is 50.0 Å². The number of hydrogen-bond acceptors (Lipinski definition) is 2. The molecule has 17 heavy (non-hydrogen) atoms. The Morgan fingerprint density at radius 3 is 2.41 bits per heavy atom. The fraction of sp³-hybridized carbons (Fsp3) is 0.500. The van der Waals surface area contributed by atoms with Gasteiger partial charge >= 0.3 is 5.97 Å². The number of carbonyl (C=O) groups excluding carboxylic acids is 1. The number of benzene rings is 1. The predicted octanol–water partition coefficient (Wildman–Crippen LogP) is 3.98. The van der Waals surface area contributed by atoms with Gasteiger partial charge in [0.25, 0.3) is 0 Å². The molecular weight excluding hydrogens is 219 g/mol. The van der Waals surface area contributed by atoms with E-state index in [2.05, 4.69) is 0 Å². The van der Waals surface area contributed by atoms with Gasteiger partial charge in [0, 0.05) is 0 Å². The van der Waals surface area contributed by atoms with Gasteiger partial charge in [0.05, 0.1) is 12.2 Å². The molecule has 1 aromatic carbocycles. The van der Waals surface area contributed by atoms with Crippen molar-refractivity contribution in [2.24, 2.45) is 0 Å². The van der Waals surface area contributed by atoms with E-state index < -0.39 is 5.97 Å². The molecule has 0 fully saturated rings. The van der Waals surface area contributed by atoms with Crippen molar-refractivity contribution in [3.05, 3.63) is 35.1 Å². The van der Waals surface area contributed by atoms with Gasteiger partial charge in [-0.15, -0.1) is 0 Å². The van der Waals surface area contributed by atoms with E-state index in [1.807, 2.05) is 20.8 Å². The molecule has 0 saturated heterocycles. The van der Waals surface area contributed by atoms with Gasteiger partial charge in [-0.25, -0.2) is 9.18 Å². The molecule has 0 saturated carbocycles. The highest BCUT2D eigenvalue weighted by molar-refractivity contribution is 5.89. The summed E-state index contributed by atoms with van der Waals surface area (Å²) in [6, 6.07) is 4.49. The first kappa shape index (κ1) is 15.6. The van der Waals surface area contributed by atoms with Crippen LogP contribution in [-0.4, -0.2) is 12.6 Å². The molecule has 0 aromatic heterocycles. The minimum atomic E-state index is -0.473. The van der Waals surface area contributed by atoms with Gasteiger partial charge in [-0.1, -0.05) is 33.3 Å². The lowest BCUT2D eigenvalue weighted by atomic mass is 10.1. The van der Waals surface area contributed by atoms with Crippen LogP contribution in [0.25, 0.3) is 0 Å². The molecule has 1 rings (SSSR count). The van der Waals surface area contributed by atoms with Gasteiger partial charge in [-0.3, -0.25) is 0 Å². The molecule has 0 heterocycles. The van der Waals surface area contributed by atoms with Crippen LogP contribution >= 0.6 is 0 Å². The molecule has 2 nitrogen and oxygen atoms in total. The Bertz CT molecular complexity index is 348. The van der Waals surface area contributed by atoms with E-state index in [4.69, 9.17) is 4.74 Å². The van der Waals surface area contributed by atoms with Gasteiger partial charge in [0.2, 0.25) is 0 Å². The topological polar surface area (TPSA) is 26.3 Å². The Morgan fingerprint density at radius 1 is 1.29 bits per heavy atom. The fourth-order valence-electron chi connectivity index (χ4n) is 1.36. The lowest BCUT2D eigenvalue weighted by Crippen LogP contribution is -2.05. The first-order valence-electron chi connectivity index (χ1n) is 6.14. The summed E-state index contributed by atoms with van der Waals surface area (Å²) in [6.07, 6.45) is 1.57. The normalized spacial score (nSPS) is 9.24. The third-order valence-electron chi connectivity index (χ3n) is 2.08. The summed E-state index contributed by atoms with van der Waals surface area (Å²) in [4.78, 5) is 11.3. The van der Waals surface area contributed by atoms with Gasteiger partial charge in [0.15, 0.2) is 0 Å². The molecule has 0 aliphatic heterocycles. The van der Waals surface area contributed by atoms with Crippen molar-refractivity contribution < 1.29 is 13.9 Å². The third kappa shape index (κ3) is 4.98. The molecule has 0 amide bonds. The molecule has 96 valence electrons. The number of rotatable bonds is 4. The monoisotopic (exact) mass is 240 g/mol. The Morgan fingerprint density at radius 2 is 1.94 bits per heavy atom. The van der Waals surface area contributed by atoms with Crippen molar-refractivity contribution in [2.75, 3.05) is 6.61 Å². The summed E-state index contributed by atoms with van der Waals surface area (Å²) in [5.74, 6) is -0.804. The number of ether oxygens (including phenoxy) is 1. The zero-order valence-corrected chi connectivity index (χ0v) is 11.0. The average Bonchev–Trinajstić information content (AvgIpc) is 2.35. The fourth-order valence-corrected chi connectivity index (χ4v) is 1.36. The maximum Gasteiger partial charge on any atom is 0.338 e. The van der Waals surface area contributed by atoms with Crippen LogP contribution in [0.3, 0.4) is 0 Å². The smallest absolute Gasteiger partial charge is 0.338 e. The second kappa shape index (κ2) is 8.74. The van der Waals surface area contributed by atoms with Crippen molar-refractivity contribution in [3.63, 3.8) is 0 Å². The Labute approximate surface area is 103 Å². The molecule has 3 heteroatoms. The standard InChI is InChI=1S/C12H15FO2.C2H6/c1-3-5-9-6-7-10(8-11(9)13)12(14)15-4-2;1-2/h6-8H,3-5H2,1-2H3;1-2H3. The van der Waals surface area contributed by atoms with E-state index in [-0.39, 0.29) is 11.4 Å². The Balaban J connectivity index is 0.00000121. The highest BCUT2D eigenvalue weighted by Crippen LogP contribution is 2.13. The third-order valence-corrected chi connectivity index (χ3v) is 2.08. The zero-order valence-electron chi connectivity index (χ0n) is 11.0. The molecule has 0 radical (unpaired) electrons. The summed E-state index contributed by atoms with van der Waals surface area (Å²) in [7, 11) is 0. The molecule has 0 aliphatic carbocycles. The van der Waals surface area contributed by atoms with E-state index in [1.54, 1.807) is 19.1 Å². The minimum Gasteiger partial charge on any atom is -0.462 e. The molecule has 0 spiro atoms. The first-order chi connectivity index (χ1) is 8.19. The number of halogens is 1. The predicted molar refractivity (Wildman–Crippen MR) is 67.7 cm³/mol. The summed E-state index contributed by atoms with van der Waals surface area (Å²) >= 11 is 0. The van der Waals surface area contributed by atoms with Crippen molar-refractivity contribution in [2.45, 2.75) is 40.5 Å². The molecule has 0 aliphatic rings. The molecule has 0 bridgehead atoms. The number of aryl methyl sites for hydroxylation is 1. The van der Waals surface area contributed by atoms with Gasteiger partial charge in [-0.2, -0.15) is 0 Å². The Kier molecular flexibility index (Phi) is 8.03. The zero-order chi connectivity index (χ0) is 13.3. The Hall–Kier alpha value is -1.38. The number of hydrogen-bond donors (Lipinski definition) is 0. The molecule has 0 atom stereocenters. The van der Waals surface area contributed by atoms with Crippen molar-refractivity contribution in [1.82, 2.24) is 0 Å². The van der Waals surface area contributed by atoms with Gasteiger partial charge in [-0.05, 0) is 31.0 Å².